The normalized spacial score (nSPS) is 15.0. The van der Waals surface area contributed by atoms with Gasteiger partial charge in [0.25, 0.3) is 17.5 Å². The minimum atomic E-state index is -0.859. The molecule has 1 aliphatic rings. The number of amides is 4. The molecule has 10 heteroatoms. The number of halogens is 1. The molecular weight excluding hydrogens is 474 g/mol. The molecule has 1 aliphatic heterocycles. The van der Waals surface area contributed by atoms with Gasteiger partial charge in [-0.25, -0.2) is 9.69 Å². The molecule has 0 saturated carbocycles. The largest absolute Gasteiger partial charge is 0.457 e. The van der Waals surface area contributed by atoms with Crippen LogP contribution in [0.2, 0.25) is 5.02 Å². The van der Waals surface area contributed by atoms with Gasteiger partial charge in [0, 0.05) is 17.7 Å². The number of carbonyl (C=O) groups is 3. The van der Waals surface area contributed by atoms with Crippen molar-refractivity contribution in [2.24, 2.45) is 0 Å². The van der Waals surface area contributed by atoms with Gasteiger partial charge in [-0.3, -0.25) is 25.0 Å². The van der Waals surface area contributed by atoms with Crippen molar-refractivity contribution in [1.29, 1.82) is 0 Å². The molecule has 1 saturated heterocycles. The number of anilines is 1. The first-order chi connectivity index (χ1) is 16.8. The zero-order valence-electron chi connectivity index (χ0n) is 18.6. The fraction of sp³-hybridized carbons (Fsp3) is 0.160. The lowest BCUT2D eigenvalue weighted by Gasteiger charge is -2.26. The van der Waals surface area contributed by atoms with Crippen LogP contribution in [0.15, 0.2) is 64.6 Å². The van der Waals surface area contributed by atoms with Crippen LogP contribution in [0.5, 0.6) is 0 Å². The summed E-state index contributed by atoms with van der Waals surface area (Å²) in [6.45, 7) is 2.09. The molecule has 1 aromatic heterocycles. The lowest BCUT2D eigenvalue weighted by atomic mass is 10.1. The van der Waals surface area contributed by atoms with Gasteiger partial charge in [-0.2, -0.15) is 0 Å². The van der Waals surface area contributed by atoms with Crippen molar-refractivity contribution < 1.29 is 23.7 Å². The summed E-state index contributed by atoms with van der Waals surface area (Å²) in [5.74, 6) is -1.32. The van der Waals surface area contributed by atoms with Crippen LogP contribution in [0.1, 0.15) is 31.1 Å². The molecule has 0 radical (unpaired) electrons. The number of furan rings is 1. The van der Waals surface area contributed by atoms with E-state index < -0.39 is 22.8 Å². The maximum Gasteiger partial charge on any atom is 0.335 e. The van der Waals surface area contributed by atoms with E-state index in [2.05, 4.69) is 12.2 Å². The molecule has 2 heterocycles. The van der Waals surface area contributed by atoms with Crippen LogP contribution in [-0.2, 0) is 16.0 Å². The first-order valence-corrected chi connectivity index (χ1v) is 11.2. The highest BCUT2D eigenvalue weighted by Gasteiger charge is 2.37. The fourth-order valence-electron chi connectivity index (χ4n) is 3.62. The van der Waals surface area contributed by atoms with Gasteiger partial charge < -0.3 is 4.42 Å². The van der Waals surface area contributed by atoms with Gasteiger partial charge in [0.05, 0.1) is 15.6 Å². The SMILES string of the molecule is CCCCc1ccc(N2C(=O)NC(=O)/C(=C\c3ccc(-c4cc([N+](=O)[O-])ccc4Cl)o3)C2=O)cc1. The quantitative estimate of drug-likeness (QED) is 0.200. The van der Waals surface area contributed by atoms with Gasteiger partial charge in [0.15, 0.2) is 0 Å². The van der Waals surface area contributed by atoms with Crippen LogP contribution in [-0.4, -0.2) is 22.8 Å². The van der Waals surface area contributed by atoms with Crippen LogP contribution in [0.4, 0.5) is 16.2 Å². The second kappa shape index (κ2) is 9.94. The maximum absolute atomic E-state index is 13.1. The predicted molar refractivity (Wildman–Crippen MR) is 130 cm³/mol. The number of barbiturate groups is 1. The summed E-state index contributed by atoms with van der Waals surface area (Å²) in [6.07, 6.45) is 4.17. The summed E-state index contributed by atoms with van der Waals surface area (Å²) in [4.78, 5) is 49.4. The second-order valence-corrected chi connectivity index (χ2v) is 8.26. The summed E-state index contributed by atoms with van der Waals surface area (Å²) in [7, 11) is 0. The number of nitro benzene ring substituents is 1. The molecule has 35 heavy (non-hydrogen) atoms. The van der Waals surface area contributed by atoms with E-state index in [1.54, 1.807) is 12.1 Å². The van der Waals surface area contributed by atoms with E-state index in [1.165, 1.54) is 36.4 Å². The number of nitrogens with one attached hydrogen (secondary N) is 1. The van der Waals surface area contributed by atoms with E-state index in [4.69, 9.17) is 16.0 Å². The van der Waals surface area contributed by atoms with Crippen molar-refractivity contribution in [2.45, 2.75) is 26.2 Å². The van der Waals surface area contributed by atoms with Crippen LogP contribution >= 0.6 is 11.6 Å². The highest BCUT2D eigenvalue weighted by atomic mass is 35.5. The third kappa shape index (κ3) is 4.99. The molecule has 0 spiro atoms. The summed E-state index contributed by atoms with van der Waals surface area (Å²) >= 11 is 6.16. The molecule has 4 amide bonds. The number of hydrogen-bond acceptors (Lipinski definition) is 6. The van der Waals surface area contributed by atoms with Gasteiger partial charge in [0.2, 0.25) is 0 Å². The number of nitro groups is 1. The average Bonchev–Trinajstić information content (AvgIpc) is 3.29. The van der Waals surface area contributed by atoms with Crippen molar-refractivity contribution in [2.75, 3.05) is 4.90 Å². The highest BCUT2D eigenvalue weighted by molar-refractivity contribution is 6.39. The van der Waals surface area contributed by atoms with Crippen molar-refractivity contribution >= 4 is 46.9 Å². The monoisotopic (exact) mass is 493 g/mol. The lowest BCUT2D eigenvalue weighted by molar-refractivity contribution is -0.384. The third-order valence-corrected chi connectivity index (χ3v) is 5.78. The Kier molecular flexibility index (Phi) is 6.79. The average molecular weight is 494 g/mol. The van der Waals surface area contributed by atoms with E-state index in [9.17, 15) is 24.5 Å². The Labute approximate surface area is 205 Å². The van der Waals surface area contributed by atoms with Gasteiger partial charge >= 0.3 is 6.03 Å². The number of rotatable bonds is 7. The van der Waals surface area contributed by atoms with Crippen LogP contribution < -0.4 is 10.2 Å². The minimum Gasteiger partial charge on any atom is -0.457 e. The third-order valence-electron chi connectivity index (χ3n) is 5.45. The number of carbonyl (C=O) groups excluding carboxylic acids is 3. The van der Waals surface area contributed by atoms with Gasteiger partial charge in [-0.1, -0.05) is 37.1 Å². The molecule has 178 valence electrons. The van der Waals surface area contributed by atoms with Crippen molar-refractivity contribution in [1.82, 2.24) is 5.32 Å². The first kappa shape index (κ1) is 23.9. The number of benzene rings is 2. The number of urea groups is 1. The Hall–Kier alpha value is -4.24. The topological polar surface area (TPSA) is 123 Å². The Morgan fingerprint density at radius 1 is 1.09 bits per heavy atom. The smallest absolute Gasteiger partial charge is 0.335 e. The van der Waals surface area contributed by atoms with Crippen LogP contribution in [0.3, 0.4) is 0 Å². The van der Waals surface area contributed by atoms with E-state index in [0.717, 1.165) is 29.7 Å². The molecule has 1 fully saturated rings. The fourth-order valence-corrected chi connectivity index (χ4v) is 3.83. The number of aryl methyl sites for hydroxylation is 1. The van der Waals surface area contributed by atoms with Crippen LogP contribution in [0.25, 0.3) is 17.4 Å². The standard InChI is InChI=1S/C25H20ClN3O6/c1-2-3-4-15-5-7-16(8-6-15)28-24(31)20(23(30)27-25(28)32)14-18-10-12-22(35-18)19-13-17(29(33)34)9-11-21(19)26/h5-14H,2-4H2,1H3,(H,27,30,32)/b20-14+. The van der Waals surface area contributed by atoms with E-state index in [1.807, 2.05) is 12.1 Å². The number of non-ortho nitro benzene ring substituents is 1. The summed E-state index contributed by atoms with van der Waals surface area (Å²) in [5.41, 5.74) is 1.22. The molecule has 0 aliphatic carbocycles. The molecule has 0 atom stereocenters. The number of unbranched alkanes of at least 4 members (excludes halogenated alkanes) is 1. The molecule has 3 aromatic rings. The van der Waals surface area contributed by atoms with E-state index >= 15 is 0 Å². The zero-order chi connectivity index (χ0) is 25.1. The number of hydrogen-bond donors (Lipinski definition) is 1. The van der Waals surface area contributed by atoms with Crippen molar-refractivity contribution in [3.8, 4) is 11.3 Å². The molecule has 4 rings (SSSR count). The molecule has 0 unspecified atom stereocenters. The summed E-state index contributed by atoms with van der Waals surface area (Å²) in [6, 6.07) is 13.1. The first-order valence-electron chi connectivity index (χ1n) is 10.8. The lowest BCUT2D eigenvalue weighted by Crippen LogP contribution is -2.54. The van der Waals surface area contributed by atoms with E-state index in [-0.39, 0.29) is 33.4 Å². The molecule has 2 aromatic carbocycles. The van der Waals surface area contributed by atoms with Gasteiger partial charge in [-0.15, -0.1) is 0 Å². The summed E-state index contributed by atoms with van der Waals surface area (Å²) in [5, 5.41) is 13.5. The Bertz CT molecular complexity index is 1360. The number of imide groups is 2. The molecule has 0 bridgehead atoms. The van der Waals surface area contributed by atoms with Gasteiger partial charge in [-0.05, 0) is 54.8 Å². The highest BCUT2D eigenvalue weighted by Crippen LogP contribution is 2.33. The zero-order valence-corrected chi connectivity index (χ0v) is 19.4. The molecular formula is C25H20ClN3O6. The van der Waals surface area contributed by atoms with Crippen molar-refractivity contribution in [3.63, 3.8) is 0 Å². The van der Waals surface area contributed by atoms with E-state index in [0.29, 0.717) is 5.69 Å². The molecule has 9 nitrogen and oxygen atoms in total. The van der Waals surface area contributed by atoms with Crippen LogP contribution in [0, 0.1) is 10.1 Å². The number of nitrogens with zero attached hydrogens (tertiary/aromatic N) is 2. The Morgan fingerprint density at radius 2 is 1.83 bits per heavy atom. The van der Waals surface area contributed by atoms with Gasteiger partial charge in [0.1, 0.15) is 17.1 Å². The maximum atomic E-state index is 13.1. The predicted octanol–water partition coefficient (Wildman–Crippen LogP) is 5.52. The molecule has 1 N–H and O–H groups in total. The Balaban J connectivity index is 1.63. The Morgan fingerprint density at radius 3 is 2.51 bits per heavy atom. The van der Waals surface area contributed by atoms with Crippen molar-refractivity contribution in [3.05, 3.63) is 86.6 Å². The summed E-state index contributed by atoms with van der Waals surface area (Å²) < 4.78 is 5.69. The second-order valence-electron chi connectivity index (χ2n) is 7.85. The minimum absolute atomic E-state index is 0.130.